The summed E-state index contributed by atoms with van der Waals surface area (Å²) in [5, 5.41) is 0. The number of fused-ring (bicyclic) bond motifs is 5. The van der Waals surface area contributed by atoms with E-state index in [9.17, 15) is 0 Å². The Bertz CT molecular complexity index is 278. The summed E-state index contributed by atoms with van der Waals surface area (Å²) >= 11 is 12.2. The normalized spacial score (nSPS) is 49.9. The highest BCUT2D eigenvalue weighted by Crippen LogP contribution is 2.75. The third-order valence-electron chi connectivity index (χ3n) is 6.23. The largest absolute Gasteiger partial charge is 0.127 e. The average Bonchev–Trinajstić information content (AvgIpc) is 2.88. The topological polar surface area (TPSA) is 0 Å². The van der Waals surface area contributed by atoms with E-state index in [1.165, 1.54) is 51.4 Å². The molecule has 0 N–H and O–H groups in total. The minimum absolute atomic E-state index is 0.593. The zero-order valence-electron chi connectivity index (χ0n) is 9.98. The molecule has 0 amide bonds. The maximum Gasteiger partial charge on any atom is 0.0229 e. The van der Waals surface area contributed by atoms with Crippen molar-refractivity contribution >= 4 is 23.2 Å². The molecule has 2 bridgehead atoms. The van der Waals surface area contributed by atoms with E-state index in [0.717, 1.165) is 23.6 Å². The van der Waals surface area contributed by atoms with E-state index in [2.05, 4.69) is 0 Å². The maximum absolute atomic E-state index is 6.11. The van der Waals surface area contributed by atoms with Gasteiger partial charge in [-0.15, -0.1) is 23.2 Å². The van der Waals surface area contributed by atoms with Gasteiger partial charge in [-0.1, -0.05) is 6.42 Å². The van der Waals surface area contributed by atoms with E-state index in [0.29, 0.717) is 10.8 Å². The summed E-state index contributed by atoms with van der Waals surface area (Å²) in [7, 11) is 0. The first-order chi connectivity index (χ1) is 7.78. The first-order valence-corrected chi connectivity index (χ1v) is 7.97. The Labute approximate surface area is 109 Å². The Morgan fingerprint density at radius 2 is 1.81 bits per heavy atom. The van der Waals surface area contributed by atoms with Gasteiger partial charge in [-0.2, -0.15) is 0 Å². The van der Waals surface area contributed by atoms with Gasteiger partial charge in [0.2, 0.25) is 0 Å². The molecule has 3 aliphatic rings. The average molecular weight is 261 g/mol. The molecule has 2 heteroatoms. The molecule has 0 nitrogen and oxygen atoms in total. The highest BCUT2D eigenvalue weighted by molar-refractivity contribution is 6.18. The van der Waals surface area contributed by atoms with Gasteiger partial charge >= 0.3 is 0 Å². The Balaban J connectivity index is 1.95. The molecular weight excluding hydrogens is 239 g/mol. The SMILES string of the molecule is ClCCC12CCC(C1)C1CCCC12CCCl. The van der Waals surface area contributed by atoms with Crippen LogP contribution in [-0.4, -0.2) is 11.8 Å². The van der Waals surface area contributed by atoms with Gasteiger partial charge in [-0.05, 0) is 67.6 Å². The fraction of sp³-hybridized carbons (Fsp3) is 1.00. The number of rotatable bonds is 4. The summed E-state index contributed by atoms with van der Waals surface area (Å²) in [6.45, 7) is 0. The summed E-state index contributed by atoms with van der Waals surface area (Å²) in [5.41, 5.74) is 1.20. The standard InChI is InChI=1S/C14H22Cl2/c15-8-6-13-5-3-11(10-13)12-2-1-4-14(12,13)7-9-16/h11-12H,1-10H2. The molecule has 0 radical (unpaired) electrons. The second-order valence-electron chi connectivity index (χ2n) is 6.32. The fourth-order valence-corrected chi connectivity index (χ4v) is 6.51. The van der Waals surface area contributed by atoms with Gasteiger partial charge in [0.15, 0.2) is 0 Å². The molecule has 92 valence electrons. The molecule has 0 spiro atoms. The van der Waals surface area contributed by atoms with Crippen molar-refractivity contribution in [1.29, 1.82) is 0 Å². The predicted octanol–water partition coefficient (Wildman–Crippen LogP) is 4.83. The lowest BCUT2D eigenvalue weighted by Gasteiger charge is -2.48. The molecule has 0 aromatic carbocycles. The van der Waals surface area contributed by atoms with Crippen LogP contribution in [-0.2, 0) is 0 Å². The van der Waals surface area contributed by atoms with Crippen LogP contribution in [0.5, 0.6) is 0 Å². The van der Waals surface area contributed by atoms with Crippen molar-refractivity contribution in [1.82, 2.24) is 0 Å². The zero-order valence-corrected chi connectivity index (χ0v) is 11.5. The van der Waals surface area contributed by atoms with Crippen molar-refractivity contribution in [3.8, 4) is 0 Å². The van der Waals surface area contributed by atoms with Crippen LogP contribution in [0, 0.1) is 22.7 Å². The summed E-state index contributed by atoms with van der Waals surface area (Å²) in [6.07, 6.45) is 11.3. The van der Waals surface area contributed by atoms with Crippen LogP contribution in [0.2, 0.25) is 0 Å². The second-order valence-corrected chi connectivity index (χ2v) is 7.07. The zero-order chi connectivity index (χ0) is 11.2. The molecule has 0 heterocycles. The Hall–Kier alpha value is 0.580. The molecule has 3 fully saturated rings. The van der Waals surface area contributed by atoms with E-state index >= 15 is 0 Å². The molecule has 0 aromatic heterocycles. The lowest BCUT2D eigenvalue weighted by molar-refractivity contribution is 0.0158. The second kappa shape index (κ2) is 4.05. The molecule has 3 rings (SSSR count). The third-order valence-corrected chi connectivity index (χ3v) is 6.61. The lowest BCUT2D eigenvalue weighted by atomic mass is 9.57. The first-order valence-electron chi connectivity index (χ1n) is 6.90. The molecule has 0 aliphatic heterocycles. The highest BCUT2D eigenvalue weighted by atomic mass is 35.5. The summed E-state index contributed by atoms with van der Waals surface area (Å²) < 4.78 is 0. The van der Waals surface area contributed by atoms with Gasteiger partial charge in [0.25, 0.3) is 0 Å². The molecule has 4 unspecified atom stereocenters. The van der Waals surface area contributed by atoms with Crippen molar-refractivity contribution in [3.05, 3.63) is 0 Å². The fourth-order valence-electron chi connectivity index (χ4n) is 5.81. The quantitative estimate of drug-likeness (QED) is 0.636. The van der Waals surface area contributed by atoms with Gasteiger partial charge in [-0.3, -0.25) is 0 Å². The summed E-state index contributed by atoms with van der Waals surface area (Å²) in [6, 6.07) is 0. The Kier molecular flexibility index (Phi) is 2.95. The van der Waals surface area contributed by atoms with Crippen molar-refractivity contribution in [2.45, 2.75) is 51.4 Å². The number of halogens is 2. The van der Waals surface area contributed by atoms with Crippen LogP contribution in [0.4, 0.5) is 0 Å². The van der Waals surface area contributed by atoms with E-state index in [1.807, 2.05) is 0 Å². The van der Waals surface area contributed by atoms with Crippen LogP contribution >= 0.6 is 23.2 Å². The predicted molar refractivity (Wildman–Crippen MR) is 70.2 cm³/mol. The van der Waals surface area contributed by atoms with Crippen LogP contribution in [0.1, 0.15) is 51.4 Å². The molecule has 3 saturated carbocycles. The molecule has 0 aromatic rings. The molecule has 16 heavy (non-hydrogen) atoms. The van der Waals surface area contributed by atoms with Crippen molar-refractivity contribution < 1.29 is 0 Å². The number of hydrogen-bond donors (Lipinski definition) is 0. The van der Waals surface area contributed by atoms with E-state index in [4.69, 9.17) is 23.2 Å². The lowest BCUT2D eigenvalue weighted by Crippen LogP contribution is -2.41. The third kappa shape index (κ3) is 1.29. The van der Waals surface area contributed by atoms with Crippen molar-refractivity contribution in [3.63, 3.8) is 0 Å². The molecular formula is C14H22Cl2. The van der Waals surface area contributed by atoms with Crippen LogP contribution < -0.4 is 0 Å². The van der Waals surface area contributed by atoms with E-state index in [-0.39, 0.29) is 0 Å². The monoisotopic (exact) mass is 260 g/mol. The number of alkyl halides is 2. The Morgan fingerprint density at radius 3 is 2.56 bits per heavy atom. The van der Waals surface area contributed by atoms with Gasteiger partial charge in [0.05, 0.1) is 0 Å². The van der Waals surface area contributed by atoms with Crippen LogP contribution in [0.3, 0.4) is 0 Å². The van der Waals surface area contributed by atoms with E-state index < -0.39 is 0 Å². The van der Waals surface area contributed by atoms with Gasteiger partial charge < -0.3 is 0 Å². The van der Waals surface area contributed by atoms with Crippen molar-refractivity contribution in [2.24, 2.45) is 22.7 Å². The van der Waals surface area contributed by atoms with E-state index in [1.54, 1.807) is 0 Å². The molecule has 4 atom stereocenters. The summed E-state index contributed by atoms with van der Waals surface area (Å²) in [5.74, 6) is 3.73. The van der Waals surface area contributed by atoms with Crippen molar-refractivity contribution in [2.75, 3.05) is 11.8 Å². The summed E-state index contributed by atoms with van der Waals surface area (Å²) in [4.78, 5) is 0. The van der Waals surface area contributed by atoms with Gasteiger partial charge in [-0.25, -0.2) is 0 Å². The minimum Gasteiger partial charge on any atom is -0.127 e. The highest BCUT2D eigenvalue weighted by Gasteiger charge is 2.66. The minimum atomic E-state index is 0.593. The first kappa shape index (κ1) is 11.7. The smallest absolute Gasteiger partial charge is 0.0229 e. The molecule has 0 saturated heterocycles. The van der Waals surface area contributed by atoms with Crippen LogP contribution in [0.15, 0.2) is 0 Å². The number of hydrogen-bond acceptors (Lipinski definition) is 0. The van der Waals surface area contributed by atoms with Gasteiger partial charge in [0, 0.05) is 11.8 Å². The van der Waals surface area contributed by atoms with Crippen LogP contribution in [0.25, 0.3) is 0 Å². The maximum atomic E-state index is 6.11. The molecule has 3 aliphatic carbocycles. The van der Waals surface area contributed by atoms with Gasteiger partial charge in [0.1, 0.15) is 0 Å². The Morgan fingerprint density at radius 1 is 1.00 bits per heavy atom.